The van der Waals surface area contributed by atoms with Crippen molar-refractivity contribution in [2.75, 3.05) is 13.2 Å². The van der Waals surface area contributed by atoms with Crippen LogP contribution in [0.15, 0.2) is 35.4 Å². The van der Waals surface area contributed by atoms with Crippen molar-refractivity contribution in [1.29, 1.82) is 0 Å². The van der Waals surface area contributed by atoms with Gasteiger partial charge in [0, 0.05) is 4.91 Å². The third-order valence-electron chi connectivity index (χ3n) is 2.55. The highest BCUT2D eigenvalue weighted by Gasteiger charge is 2.14. The van der Waals surface area contributed by atoms with Gasteiger partial charge in [0.2, 0.25) is 0 Å². The Morgan fingerprint density at radius 2 is 2.21 bits per heavy atom. The number of ether oxygens (including phenoxy) is 1. The molecule has 6 nitrogen and oxygen atoms in total. The van der Waals surface area contributed by atoms with Crippen LogP contribution in [0.5, 0.6) is 0 Å². The van der Waals surface area contributed by atoms with Gasteiger partial charge in [-0.2, -0.15) is 0 Å². The smallest absolute Gasteiger partial charge is 0.407 e. The molecule has 0 spiro atoms. The first-order valence-electron chi connectivity index (χ1n) is 6.27. The lowest BCUT2D eigenvalue weighted by Gasteiger charge is -2.16. The van der Waals surface area contributed by atoms with Gasteiger partial charge >= 0.3 is 6.09 Å². The van der Waals surface area contributed by atoms with E-state index in [4.69, 9.17) is 10.3 Å². The van der Waals surface area contributed by atoms with E-state index >= 15 is 0 Å². The van der Waals surface area contributed by atoms with Crippen molar-refractivity contribution in [2.45, 2.75) is 25.8 Å². The van der Waals surface area contributed by atoms with Crippen LogP contribution in [-0.4, -0.2) is 19.2 Å². The lowest BCUT2D eigenvalue weighted by molar-refractivity contribution is 0.141. The summed E-state index contributed by atoms with van der Waals surface area (Å²) >= 11 is 0. The molecule has 0 aliphatic heterocycles. The average molecular weight is 262 g/mol. The molecular formula is C13H18N4O2. The van der Waals surface area contributed by atoms with E-state index in [9.17, 15) is 4.79 Å². The van der Waals surface area contributed by atoms with Crippen LogP contribution in [-0.2, 0) is 4.74 Å². The number of unbranched alkanes of at least 4 members (excludes halogenated alkanes) is 1. The first kappa shape index (κ1) is 14.9. The fourth-order valence-corrected chi connectivity index (χ4v) is 1.53. The molecule has 1 rings (SSSR count). The molecule has 0 fully saturated rings. The highest BCUT2D eigenvalue weighted by molar-refractivity contribution is 5.67. The number of hydrogen-bond donors (Lipinski definition) is 1. The molecular weight excluding hydrogens is 244 g/mol. The van der Waals surface area contributed by atoms with Crippen molar-refractivity contribution in [1.82, 2.24) is 5.32 Å². The molecule has 0 saturated heterocycles. The first-order chi connectivity index (χ1) is 9.27. The van der Waals surface area contributed by atoms with Gasteiger partial charge < -0.3 is 10.1 Å². The number of carbonyl (C=O) groups excluding carboxylic acids is 1. The highest BCUT2D eigenvalue weighted by atomic mass is 16.5. The topological polar surface area (TPSA) is 87.1 Å². The summed E-state index contributed by atoms with van der Waals surface area (Å²) in [6.45, 7) is 2.57. The summed E-state index contributed by atoms with van der Waals surface area (Å²) in [5.74, 6) is 0. The van der Waals surface area contributed by atoms with E-state index < -0.39 is 6.09 Å². The molecule has 0 bridgehead atoms. The fraction of sp³-hybridized carbons (Fsp3) is 0.462. The van der Waals surface area contributed by atoms with Crippen molar-refractivity contribution in [3.05, 3.63) is 46.3 Å². The summed E-state index contributed by atoms with van der Waals surface area (Å²) in [4.78, 5) is 14.3. The maximum atomic E-state index is 11.6. The zero-order chi connectivity index (χ0) is 13.9. The Kier molecular flexibility index (Phi) is 6.90. The molecule has 6 heteroatoms. The lowest BCUT2D eigenvalue weighted by atomic mass is 10.1. The number of nitrogens with zero attached hydrogens (tertiary/aromatic N) is 3. The Morgan fingerprint density at radius 1 is 1.47 bits per heavy atom. The van der Waals surface area contributed by atoms with Gasteiger partial charge in [-0.25, -0.2) is 4.79 Å². The highest BCUT2D eigenvalue weighted by Crippen LogP contribution is 2.13. The molecule has 19 heavy (non-hydrogen) atoms. The maximum absolute atomic E-state index is 11.6. The number of alkyl carbamates (subject to hydrolysis) is 1. The first-order valence-corrected chi connectivity index (χ1v) is 6.27. The van der Waals surface area contributed by atoms with Gasteiger partial charge in [-0.05, 0) is 17.5 Å². The van der Waals surface area contributed by atoms with E-state index in [1.807, 2.05) is 37.3 Å². The third-order valence-corrected chi connectivity index (χ3v) is 2.55. The quantitative estimate of drug-likeness (QED) is 0.352. The van der Waals surface area contributed by atoms with E-state index in [1.165, 1.54) is 0 Å². The van der Waals surface area contributed by atoms with Gasteiger partial charge in [0.1, 0.15) is 0 Å². The van der Waals surface area contributed by atoms with Gasteiger partial charge in [0.15, 0.2) is 0 Å². The van der Waals surface area contributed by atoms with Gasteiger partial charge in [0.05, 0.1) is 19.2 Å². The molecule has 0 aliphatic carbocycles. The third kappa shape index (κ3) is 5.79. The standard InChI is InChI=1S/C13H18N4O2/c1-2-3-9-19-13(18)16-12(10-15-17-14)11-7-5-4-6-8-11/h4-8,12H,2-3,9-10H2,1H3,(H,16,18). The van der Waals surface area contributed by atoms with E-state index in [-0.39, 0.29) is 12.6 Å². The molecule has 0 heterocycles. The van der Waals surface area contributed by atoms with Crippen LogP contribution in [0.3, 0.4) is 0 Å². The van der Waals surface area contributed by atoms with Gasteiger partial charge in [-0.3, -0.25) is 0 Å². The second-order valence-corrected chi connectivity index (χ2v) is 4.01. The largest absolute Gasteiger partial charge is 0.450 e. The Labute approximate surface area is 112 Å². The Bertz CT molecular complexity index is 430. The van der Waals surface area contributed by atoms with Crippen molar-refractivity contribution in [2.24, 2.45) is 5.11 Å². The second kappa shape index (κ2) is 8.83. The summed E-state index contributed by atoms with van der Waals surface area (Å²) in [5, 5.41) is 6.21. The minimum absolute atomic E-state index is 0.156. The average Bonchev–Trinajstić information content (AvgIpc) is 2.44. The van der Waals surface area contributed by atoms with E-state index in [0.29, 0.717) is 6.61 Å². The summed E-state index contributed by atoms with van der Waals surface area (Å²) in [7, 11) is 0. The number of amides is 1. The Balaban J connectivity index is 2.59. The zero-order valence-electron chi connectivity index (χ0n) is 11.0. The summed E-state index contributed by atoms with van der Waals surface area (Å²) in [5.41, 5.74) is 9.26. The molecule has 1 aromatic rings. The Hall–Kier alpha value is -2.20. The monoisotopic (exact) mass is 262 g/mol. The summed E-state index contributed by atoms with van der Waals surface area (Å²) in [6, 6.07) is 8.97. The molecule has 0 aromatic heterocycles. The van der Waals surface area contributed by atoms with Crippen molar-refractivity contribution < 1.29 is 9.53 Å². The minimum atomic E-state index is -0.490. The molecule has 1 atom stereocenters. The summed E-state index contributed by atoms with van der Waals surface area (Å²) < 4.78 is 5.03. The van der Waals surface area contributed by atoms with Crippen LogP contribution in [0, 0.1) is 0 Å². The molecule has 0 aliphatic rings. The van der Waals surface area contributed by atoms with E-state index in [0.717, 1.165) is 18.4 Å². The van der Waals surface area contributed by atoms with Crippen LogP contribution in [0.25, 0.3) is 10.4 Å². The molecule has 1 amide bonds. The minimum Gasteiger partial charge on any atom is -0.450 e. The number of hydrogen-bond acceptors (Lipinski definition) is 3. The lowest BCUT2D eigenvalue weighted by Crippen LogP contribution is -2.31. The van der Waals surface area contributed by atoms with Crippen molar-refractivity contribution in [3.8, 4) is 0 Å². The number of nitrogens with one attached hydrogen (secondary N) is 1. The second-order valence-electron chi connectivity index (χ2n) is 4.01. The van der Waals surface area contributed by atoms with E-state index in [2.05, 4.69) is 15.3 Å². The number of azide groups is 1. The van der Waals surface area contributed by atoms with Crippen LogP contribution in [0.1, 0.15) is 31.4 Å². The normalized spacial score (nSPS) is 11.2. The molecule has 1 unspecified atom stereocenters. The number of carbonyl (C=O) groups is 1. The number of rotatable bonds is 7. The molecule has 0 radical (unpaired) electrons. The molecule has 102 valence electrons. The fourth-order valence-electron chi connectivity index (χ4n) is 1.53. The predicted molar refractivity (Wildman–Crippen MR) is 72.6 cm³/mol. The van der Waals surface area contributed by atoms with Crippen molar-refractivity contribution >= 4 is 6.09 Å². The number of benzene rings is 1. The van der Waals surface area contributed by atoms with Gasteiger partial charge in [-0.15, -0.1) is 0 Å². The van der Waals surface area contributed by atoms with Crippen molar-refractivity contribution in [3.63, 3.8) is 0 Å². The van der Waals surface area contributed by atoms with Crippen LogP contribution < -0.4 is 5.32 Å². The zero-order valence-corrected chi connectivity index (χ0v) is 11.0. The van der Waals surface area contributed by atoms with E-state index in [1.54, 1.807) is 0 Å². The molecule has 1 aromatic carbocycles. The molecule has 0 saturated carbocycles. The predicted octanol–water partition coefficient (Wildman–Crippen LogP) is 3.56. The molecule has 1 N–H and O–H groups in total. The maximum Gasteiger partial charge on any atom is 0.407 e. The SMILES string of the molecule is CCCCOC(=O)NC(CN=[N+]=[N-])c1ccccc1. The van der Waals surface area contributed by atoms with Gasteiger partial charge in [-0.1, -0.05) is 48.8 Å². The van der Waals surface area contributed by atoms with Crippen LogP contribution in [0.2, 0.25) is 0 Å². The Morgan fingerprint density at radius 3 is 2.84 bits per heavy atom. The van der Waals surface area contributed by atoms with Gasteiger partial charge in [0.25, 0.3) is 0 Å². The van der Waals surface area contributed by atoms with Crippen LogP contribution >= 0.6 is 0 Å². The summed E-state index contributed by atoms with van der Waals surface area (Å²) in [6.07, 6.45) is 1.31. The van der Waals surface area contributed by atoms with Crippen LogP contribution in [0.4, 0.5) is 4.79 Å².